The first kappa shape index (κ1) is 17.8. The van der Waals surface area contributed by atoms with Crippen molar-refractivity contribution in [3.63, 3.8) is 0 Å². The molecule has 2 aromatic carbocycles. The van der Waals surface area contributed by atoms with Gasteiger partial charge in [-0.15, -0.1) is 0 Å². The monoisotopic (exact) mass is 357 g/mol. The fourth-order valence-electron chi connectivity index (χ4n) is 2.15. The first-order chi connectivity index (χ1) is 11.3. The van der Waals surface area contributed by atoms with Gasteiger partial charge in [-0.2, -0.15) is 0 Å². The fourth-order valence-corrected chi connectivity index (χ4v) is 2.28. The number of carboxylic acid groups (broad SMARTS) is 1. The van der Waals surface area contributed by atoms with Crippen LogP contribution in [-0.2, 0) is 4.79 Å². The second-order valence-corrected chi connectivity index (χ2v) is 5.29. The average molecular weight is 358 g/mol. The zero-order chi connectivity index (χ0) is 17.9. The van der Waals surface area contributed by atoms with E-state index >= 15 is 0 Å². The predicted octanol–water partition coefficient (Wildman–Crippen LogP) is 4.47. The Morgan fingerprint density at radius 3 is 2.25 bits per heavy atom. The molecule has 8 heteroatoms. The Labute approximate surface area is 139 Å². The van der Waals surface area contributed by atoms with Gasteiger partial charge in [0, 0.05) is 17.0 Å². The van der Waals surface area contributed by atoms with Crippen LogP contribution < -0.4 is 0 Å². The van der Waals surface area contributed by atoms with Gasteiger partial charge < -0.3 is 10.3 Å². The normalized spacial score (nSPS) is 11.6. The number of carbonyl (C=O) groups is 1. The molecular formula is C16H11ClF3NO3. The van der Waals surface area contributed by atoms with Crippen LogP contribution in [0.4, 0.5) is 13.2 Å². The summed E-state index contributed by atoms with van der Waals surface area (Å²) in [5.74, 6) is -5.21. The first-order valence-electron chi connectivity index (χ1n) is 6.71. The molecule has 2 rings (SSSR count). The Morgan fingerprint density at radius 1 is 1.08 bits per heavy atom. The standard InChI is InChI=1S/C16H11ClF3NO3/c17-9-3-1-8(2-4-9)14-11(18)7-10(15(19)16(14)20)12(21-24)5-6-13(22)23/h1-4,7,24H,5-6H2,(H,22,23)/b21-12+. The van der Waals surface area contributed by atoms with Gasteiger partial charge in [0.05, 0.1) is 17.7 Å². The van der Waals surface area contributed by atoms with Gasteiger partial charge in [-0.25, -0.2) is 13.2 Å². The van der Waals surface area contributed by atoms with E-state index in [1.54, 1.807) is 0 Å². The molecule has 2 aromatic rings. The summed E-state index contributed by atoms with van der Waals surface area (Å²) < 4.78 is 42.8. The molecule has 24 heavy (non-hydrogen) atoms. The van der Waals surface area contributed by atoms with E-state index in [4.69, 9.17) is 21.9 Å². The van der Waals surface area contributed by atoms with Crippen molar-refractivity contribution >= 4 is 23.3 Å². The Bertz CT molecular complexity index is 807. The topological polar surface area (TPSA) is 69.9 Å². The second-order valence-electron chi connectivity index (χ2n) is 4.86. The van der Waals surface area contributed by atoms with Gasteiger partial charge in [-0.3, -0.25) is 4.79 Å². The molecule has 0 aromatic heterocycles. The molecule has 0 aliphatic heterocycles. The van der Waals surface area contributed by atoms with Gasteiger partial charge in [-0.1, -0.05) is 28.9 Å². The molecule has 4 nitrogen and oxygen atoms in total. The number of oxime groups is 1. The predicted molar refractivity (Wildman–Crippen MR) is 82.0 cm³/mol. The molecule has 0 bridgehead atoms. The molecule has 0 aliphatic rings. The summed E-state index contributed by atoms with van der Waals surface area (Å²) in [6.07, 6.45) is -0.872. The van der Waals surface area contributed by atoms with Crippen LogP contribution in [0.5, 0.6) is 0 Å². The van der Waals surface area contributed by atoms with Crippen molar-refractivity contribution in [1.82, 2.24) is 0 Å². The van der Waals surface area contributed by atoms with Crippen LogP contribution in [0.1, 0.15) is 18.4 Å². The summed E-state index contributed by atoms with van der Waals surface area (Å²) >= 11 is 5.70. The molecule has 0 amide bonds. The molecule has 0 spiro atoms. The lowest BCUT2D eigenvalue weighted by Gasteiger charge is -2.11. The third kappa shape index (κ3) is 3.68. The molecule has 0 fully saturated rings. The zero-order valence-electron chi connectivity index (χ0n) is 12.1. The highest BCUT2D eigenvalue weighted by Gasteiger charge is 2.23. The van der Waals surface area contributed by atoms with Crippen molar-refractivity contribution in [3.8, 4) is 11.1 Å². The number of hydrogen-bond acceptors (Lipinski definition) is 3. The van der Waals surface area contributed by atoms with Crippen molar-refractivity contribution < 1.29 is 28.3 Å². The smallest absolute Gasteiger partial charge is 0.303 e. The maximum atomic E-state index is 14.3. The maximum absolute atomic E-state index is 14.3. The van der Waals surface area contributed by atoms with E-state index in [2.05, 4.69) is 5.16 Å². The highest BCUT2D eigenvalue weighted by molar-refractivity contribution is 6.30. The Hall–Kier alpha value is -2.54. The molecule has 2 N–H and O–H groups in total. The van der Waals surface area contributed by atoms with E-state index in [1.165, 1.54) is 24.3 Å². The molecular weight excluding hydrogens is 347 g/mol. The van der Waals surface area contributed by atoms with Crippen LogP contribution in [0.25, 0.3) is 11.1 Å². The van der Waals surface area contributed by atoms with Gasteiger partial charge in [0.2, 0.25) is 0 Å². The van der Waals surface area contributed by atoms with Crippen LogP contribution in [0.2, 0.25) is 5.02 Å². The van der Waals surface area contributed by atoms with Crippen LogP contribution in [0, 0.1) is 17.5 Å². The summed E-state index contributed by atoms with van der Waals surface area (Å²) in [5.41, 5.74) is -1.61. The minimum absolute atomic E-state index is 0.0767. The molecule has 0 radical (unpaired) electrons. The lowest BCUT2D eigenvalue weighted by Crippen LogP contribution is -2.10. The van der Waals surface area contributed by atoms with Crippen molar-refractivity contribution in [2.45, 2.75) is 12.8 Å². The van der Waals surface area contributed by atoms with E-state index in [1.807, 2.05) is 0 Å². The summed E-state index contributed by atoms with van der Waals surface area (Å²) in [7, 11) is 0. The van der Waals surface area contributed by atoms with Crippen LogP contribution in [0.15, 0.2) is 35.5 Å². The van der Waals surface area contributed by atoms with E-state index in [0.717, 1.165) is 0 Å². The lowest BCUT2D eigenvalue weighted by atomic mass is 9.98. The van der Waals surface area contributed by atoms with Gasteiger partial charge >= 0.3 is 5.97 Å². The lowest BCUT2D eigenvalue weighted by molar-refractivity contribution is -0.136. The maximum Gasteiger partial charge on any atom is 0.303 e. The summed E-state index contributed by atoms with van der Waals surface area (Å²) in [6.45, 7) is 0. The van der Waals surface area contributed by atoms with Crippen LogP contribution in [0.3, 0.4) is 0 Å². The first-order valence-corrected chi connectivity index (χ1v) is 7.09. The molecule has 0 aliphatic carbocycles. The minimum atomic E-state index is -1.47. The molecule has 0 saturated carbocycles. The summed E-state index contributed by atoms with van der Waals surface area (Å²) in [6, 6.07) is 6.12. The number of benzene rings is 2. The Morgan fingerprint density at radius 2 is 1.71 bits per heavy atom. The third-order valence-electron chi connectivity index (χ3n) is 3.30. The van der Waals surface area contributed by atoms with Crippen molar-refractivity contribution in [1.29, 1.82) is 0 Å². The largest absolute Gasteiger partial charge is 0.481 e. The average Bonchev–Trinajstić information content (AvgIpc) is 2.54. The number of aliphatic carboxylic acids is 1. The van der Waals surface area contributed by atoms with Gasteiger partial charge in [0.25, 0.3) is 0 Å². The van der Waals surface area contributed by atoms with Crippen molar-refractivity contribution in [3.05, 3.63) is 58.4 Å². The number of rotatable bonds is 5. The number of nitrogens with zero attached hydrogens (tertiary/aromatic N) is 1. The van der Waals surface area contributed by atoms with E-state index in [9.17, 15) is 18.0 Å². The Kier molecular flexibility index (Phi) is 5.46. The molecule has 0 heterocycles. The van der Waals surface area contributed by atoms with Gasteiger partial charge in [0.1, 0.15) is 5.82 Å². The zero-order valence-corrected chi connectivity index (χ0v) is 12.8. The number of carboxylic acids is 1. The second kappa shape index (κ2) is 7.35. The molecule has 0 unspecified atom stereocenters. The number of halogens is 4. The third-order valence-corrected chi connectivity index (χ3v) is 3.55. The highest BCUT2D eigenvalue weighted by atomic mass is 35.5. The van der Waals surface area contributed by atoms with Gasteiger partial charge in [-0.05, 0) is 23.8 Å². The molecule has 126 valence electrons. The van der Waals surface area contributed by atoms with E-state index in [-0.39, 0.29) is 12.0 Å². The number of hydrogen-bond donors (Lipinski definition) is 2. The molecule has 0 saturated heterocycles. The van der Waals surface area contributed by atoms with Crippen molar-refractivity contribution in [2.24, 2.45) is 5.16 Å². The summed E-state index contributed by atoms with van der Waals surface area (Å²) in [5, 5.41) is 20.6. The van der Waals surface area contributed by atoms with E-state index < -0.39 is 46.7 Å². The SMILES string of the molecule is O=C(O)CC/C(=N\O)c1cc(F)c(-c2ccc(Cl)cc2)c(F)c1F. The molecule has 0 atom stereocenters. The Balaban J connectivity index is 2.51. The quantitative estimate of drug-likeness (QED) is 0.359. The minimum Gasteiger partial charge on any atom is -0.481 e. The van der Waals surface area contributed by atoms with Gasteiger partial charge in [0.15, 0.2) is 11.6 Å². The highest BCUT2D eigenvalue weighted by Crippen LogP contribution is 2.31. The fraction of sp³-hybridized carbons (Fsp3) is 0.125. The van der Waals surface area contributed by atoms with Crippen LogP contribution >= 0.6 is 11.6 Å². The van der Waals surface area contributed by atoms with Crippen molar-refractivity contribution in [2.75, 3.05) is 0 Å². The van der Waals surface area contributed by atoms with E-state index in [0.29, 0.717) is 11.1 Å². The summed E-state index contributed by atoms with van der Waals surface area (Å²) in [4.78, 5) is 10.5. The van der Waals surface area contributed by atoms with Crippen LogP contribution in [-0.4, -0.2) is 22.0 Å².